The molecule has 0 radical (unpaired) electrons. The molecule has 1 aromatic rings. The van der Waals surface area contributed by atoms with Gasteiger partial charge < -0.3 is 15.2 Å². The van der Waals surface area contributed by atoms with Gasteiger partial charge in [-0.15, -0.1) is 0 Å². The van der Waals surface area contributed by atoms with Crippen LogP contribution in [0.15, 0.2) is 24.3 Å². The maximum absolute atomic E-state index is 11.7. The van der Waals surface area contributed by atoms with Crippen molar-refractivity contribution in [3.05, 3.63) is 35.4 Å². The van der Waals surface area contributed by atoms with Crippen molar-refractivity contribution in [2.45, 2.75) is 44.2 Å². The Labute approximate surface area is 132 Å². The van der Waals surface area contributed by atoms with Crippen LogP contribution in [0.25, 0.3) is 0 Å². The molecule has 0 aliphatic carbocycles. The number of halogens is 1. The van der Waals surface area contributed by atoms with Crippen LogP contribution in [0.4, 0.5) is 4.79 Å². The summed E-state index contributed by atoms with van der Waals surface area (Å²) in [6.45, 7) is 5.17. The molecule has 0 heterocycles. The molecule has 0 aliphatic heterocycles. The number of carboxylic acids is 1. The number of carbonyl (C=O) groups is 2. The van der Waals surface area contributed by atoms with E-state index in [0.717, 1.165) is 16.5 Å². The molecule has 1 aromatic carbocycles. The molecular weight excluding hydrogens is 338 g/mol. The fourth-order valence-corrected chi connectivity index (χ4v) is 2.02. The van der Waals surface area contributed by atoms with Crippen molar-refractivity contribution >= 4 is 28.0 Å². The minimum atomic E-state index is -1.09. The summed E-state index contributed by atoms with van der Waals surface area (Å²) < 4.78 is 5.07. The SMILES string of the molecule is CC(C)(C)OC(=O)NC(Cc1ccc(CBr)cc1)C(=O)O. The number of carboxylic acid groups (broad SMARTS) is 1. The molecule has 2 N–H and O–H groups in total. The number of rotatable bonds is 5. The lowest BCUT2D eigenvalue weighted by atomic mass is 10.0. The average Bonchev–Trinajstić information content (AvgIpc) is 2.36. The van der Waals surface area contributed by atoms with Crippen molar-refractivity contribution in [2.75, 3.05) is 0 Å². The summed E-state index contributed by atoms with van der Waals surface area (Å²) in [4.78, 5) is 22.9. The second-order valence-electron chi connectivity index (χ2n) is 5.69. The van der Waals surface area contributed by atoms with Crippen LogP contribution in [0.5, 0.6) is 0 Å². The van der Waals surface area contributed by atoms with Crippen LogP contribution in [0.3, 0.4) is 0 Å². The molecule has 0 aromatic heterocycles. The van der Waals surface area contributed by atoms with Crippen molar-refractivity contribution in [1.82, 2.24) is 5.32 Å². The fourth-order valence-electron chi connectivity index (χ4n) is 1.65. The van der Waals surface area contributed by atoms with Crippen LogP contribution in [-0.4, -0.2) is 28.8 Å². The maximum atomic E-state index is 11.7. The van der Waals surface area contributed by atoms with Crippen LogP contribution in [0, 0.1) is 0 Å². The number of amides is 1. The van der Waals surface area contributed by atoms with E-state index in [4.69, 9.17) is 4.74 Å². The molecule has 6 heteroatoms. The van der Waals surface area contributed by atoms with E-state index in [1.54, 1.807) is 20.8 Å². The first-order chi connectivity index (χ1) is 9.71. The number of alkyl carbamates (subject to hydrolysis) is 1. The first kappa shape index (κ1) is 17.5. The van der Waals surface area contributed by atoms with E-state index in [2.05, 4.69) is 21.2 Å². The second-order valence-corrected chi connectivity index (χ2v) is 6.25. The van der Waals surface area contributed by atoms with Crippen LogP contribution in [0.2, 0.25) is 0 Å². The lowest BCUT2D eigenvalue weighted by molar-refractivity contribution is -0.139. The Bertz CT molecular complexity index is 493. The third-order valence-electron chi connectivity index (χ3n) is 2.61. The highest BCUT2D eigenvalue weighted by Crippen LogP contribution is 2.11. The predicted molar refractivity (Wildman–Crippen MR) is 83.6 cm³/mol. The molecule has 0 aliphatic rings. The van der Waals surface area contributed by atoms with Crippen molar-refractivity contribution in [2.24, 2.45) is 0 Å². The van der Waals surface area contributed by atoms with Crippen LogP contribution in [-0.2, 0) is 21.3 Å². The molecule has 0 bridgehead atoms. The Morgan fingerprint density at radius 3 is 2.19 bits per heavy atom. The molecule has 0 fully saturated rings. The zero-order chi connectivity index (χ0) is 16.0. The van der Waals surface area contributed by atoms with E-state index in [1.807, 2.05) is 24.3 Å². The van der Waals surface area contributed by atoms with Crippen LogP contribution >= 0.6 is 15.9 Å². The highest BCUT2D eigenvalue weighted by molar-refractivity contribution is 9.08. The van der Waals surface area contributed by atoms with Gasteiger partial charge in [-0.25, -0.2) is 9.59 Å². The first-order valence-electron chi connectivity index (χ1n) is 6.57. The molecular formula is C15H20BrNO4. The molecule has 116 valence electrons. The minimum Gasteiger partial charge on any atom is -0.480 e. The van der Waals surface area contributed by atoms with Gasteiger partial charge in [-0.2, -0.15) is 0 Å². The van der Waals surface area contributed by atoms with Crippen LogP contribution < -0.4 is 5.32 Å². The number of ether oxygens (including phenoxy) is 1. The second kappa shape index (κ2) is 7.45. The van der Waals surface area contributed by atoms with E-state index in [1.165, 1.54) is 0 Å². The van der Waals surface area contributed by atoms with E-state index < -0.39 is 23.7 Å². The smallest absolute Gasteiger partial charge is 0.408 e. The van der Waals surface area contributed by atoms with Gasteiger partial charge in [0.25, 0.3) is 0 Å². The normalized spacial score (nSPS) is 12.6. The molecule has 1 unspecified atom stereocenters. The molecule has 21 heavy (non-hydrogen) atoms. The largest absolute Gasteiger partial charge is 0.480 e. The molecule has 5 nitrogen and oxygen atoms in total. The summed E-state index contributed by atoms with van der Waals surface area (Å²) in [6, 6.07) is 6.51. The lowest BCUT2D eigenvalue weighted by Gasteiger charge is -2.22. The topological polar surface area (TPSA) is 75.6 Å². The summed E-state index contributed by atoms with van der Waals surface area (Å²) in [5, 5.41) is 12.3. The van der Waals surface area contributed by atoms with Gasteiger partial charge in [0.2, 0.25) is 0 Å². The zero-order valence-corrected chi connectivity index (χ0v) is 13.9. The highest BCUT2D eigenvalue weighted by atomic mass is 79.9. The molecule has 1 rings (SSSR count). The number of hydrogen-bond acceptors (Lipinski definition) is 3. The fraction of sp³-hybridized carbons (Fsp3) is 0.467. The number of hydrogen-bond donors (Lipinski definition) is 2. The quantitative estimate of drug-likeness (QED) is 0.793. The molecule has 1 amide bonds. The Hall–Kier alpha value is -1.56. The Balaban J connectivity index is 2.69. The van der Waals surface area contributed by atoms with Crippen molar-refractivity contribution in [3.63, 3.8) is 0 Å². The summed E-state index contributed by atoms with van der Waals surface area (Å²) in [6.07, 6.45) is -0.524. The summed E-state index contributed by atoms with van der Waals surface area (Å²) >= 11 is 3.35. The van der Waals surface area contributed by atoms with Gasteiger partial charge in [0.15, 0.2) is 0 Å². The molecule has 0 spiro atoms. The summed E-state index contributed by atoms with van der Waals surface area (Å²) in [7, 11) is 0. The van der Waals surface area contributed by atoms with Crippen LogP contribution in [0.1, 0.15) is 31.9 Å². The Morgan fingerprint density at radius 2 is 1.76 bits per heavy atom. The Kier molecular flexibility index (Phi) is 6.20. The van der Waals surface area contributed by atoms with Gasteiger partial charge >= 0.3 is 12.1 Å². The van der Waals surface area contributed by atoms with E-state index in [0.29, 0.717) is 0 Å². The average molecular weight is 358 g/mol. The maximum Gasteiger partial charge on any atom is 0.408 e. The number of alkyl halides is 1. The van der Waals surface area contributed by atoms with Gasteiger partial charge in [0.05, 0.1) is 0 Å². The van der Waals surface area contributed by atoms with E-state index in [-0.39, 0.29) is 6.42 Å². The van der Waals surface area contributed by atoms with E-state index in [9.17, 15) is 14.7 Å². The monoisotopic (exact) mass is 357 g/mol. The highest BCUT2D eigenvalue weighted by Gasteiger charge is 2.24. The third-order valence-corrected chi connectivity index (χ3v) is 3.25. The minimum absolute atomic E-state index is 0.205. The van der Waals surface area contributed by atoms with Crippen molar-refractivity contribution < 1.29 is 19.4 Å². The zero-order valence-electron chi connectivity index (χ0n) is 12.4. The van der Waals surface area contributed by atoms with Gasteiger partial charge in [0, 0.05) is 11.8 Å². The predicted octanol–water partition coefficient (Wildman–Crippen LogP) is 3.10. The van der Waals surface area contributed by atoms with Gasteiger partial charge in [-0.1, -0.05) is 40.2 Å². The lowest BCUT2D eigenvalue weighted by Crippen LogP contribution is -2.44. The summed E-state index contributed by atoms with van der Waals surface area (Å²) in [5.74, 6) is -1.09. The Morgan fingerprint density at radius 1 is 1.24 bits per heavy atom. The van der Waals surface area contributed by atoms with Crippen molar-refractivity contribution in [1.29, 1.82) is 0 Å². The summed E-state index contributed by atoms with van der Waals surface area (Å²) in [5.41, 5.74) is 1.28. The molecule has 1 atom stereocenters. The molecule has 0 saturated heterocycles. The van der Waals surface area contributed by atoms with E-state index >= 15 is 0 Å². The van der Waals surface area contributed by atoms with Gasteiger partial charge in [-0.3, -0.25) is 0 Å². The first-order valence-corrected chi connectivity index (χ1v) is 7.69. The van der Waals surface area contributed by atoms with Gasteiger partial charge in [0.1, 0.15) is 11.6 Å². The standard InChI is InChI=1S/C15H20BrNO4/c1-15(2,3)21-14(20)17-12(13(18)19)8-10-4-6-11(9-16)7-5-10/h4-7,12H,8-9H2,1-3H3,(H,17,20)(H,18,19). The number of aliphatic carboxylic acids is 1. The number of carbonyl (C=O) groups excluding carboxylic acids is 1. The van der Waals surface area contributed by atoms with Gasteiger partial charge in [-0.05, 0) is 31.9 Å². The number of nitrogens with one attached hydrogen (secondary N) is 1. The molecule has 0 saturated carbocycles. The number of benzene rings is 1. The van der Waals surface area contributed by atoms with Crippen molar-refractivity contribution in [3.8, 4) is 0 Å². The third kappa shape index (κ3) is 6.62.